The molecule has 1 heterocycles. The molecule has 0 aliphatic heterocycles. The summed E-state index contributed by atoms with van der Waals surface area (Å²) in [4.78, 5) is 22.7. The van der Waals surface area contributed by atoms with Gasteiger partial charge >= 0.3 is 5.97 Å². The van der Waals surface area contributed by atoms with E-state index in [2.05, 4.69) is 15.6 Å². The molecule has 1 aromatic carbocycles. The molecule has 0 saturated heterocycles. The van der Waals surface area contributed by atoms with Gasteiger partial charge in [0, 0.05) is 0 Å². The number of nitrogens with one attached hydrogen (secondary N) is 1. The van der Waals surface area contributed by atoms with Crippen LogP contribution >= 0.6 is 23.2 Å². The van der Waals surface area contributed by atoms with E-state index in [0.29, 0.717) is 10.7 Å². The fraction of sp³-hybridized carbons (Fsp3) is 0.0909. The van der Waals surface area contributed by atoms with Crippen molar-refractivity contribution >= 4 is 40.8 Å². The van der Waals surface area contributed by atoms with Crippen LogP contribution in [0.1, 0.15) is 10.5 Å². The number of nitrogens with zero attached hydrogens (tertiary/aromatic N) is 3. The maximum absolute atomic E-state index is 11.8. The number of rotatable bonds is 4. The highest BCUT2D eigenvalue weighted by Crippen LogP contribution is 2.29. The summed E-state index contributed by atoms with van der Waals surface area (Å²) in [6.07, 6.45) is 1.06. The average molecular weight is 315 g/mol. The highest BCUT2D eigenvalue weighted by molar-refractivity contribution is 6.43. The zero-order valence-corrected chi connectivity index (χ0v) is 11.4. The number of hydrogen-bond donors (Lipinski definition) is 2. The lowest BCUT2D eigenvalue weighted by molar-refractivity contribution is -0.116. The van der Waals surface area contributed by atoms with E-state index in [0.717, 1.165) is 10.9 Å². The molecule has 2 rings (SSSR count). The van der Waals surface area contributed by atoms with Crippen molar-refractivity contribution in [2.45, 2.75) is 6.54 Å². The summed E-state index contributed by atoms with van der Waals surface area (Å²) in [5.74, 6) is -1.72. The third-order valence-corrected chi connectivity index (χ3v) is 3.17. The number of benzene rings is 1. The molecule has 104 valence electrons. The topological polar surface area (TPSA) is 97.1 Å². The second-order valence-corrected chi connectivity index (χ2v) is 4.52. The molecule has 0 radical (unpaired) electrons. The van der Waals surface area contributed by atoms with Gasteiger partial charge in [-0.2, -0.15) is 0 Å². The maximum Gasteiger partial charge on any atom is 0.355 e. The first-order chi connectivity index (χ1) is 9.49. The first-order valence-electron chi connectivity index (χ1n) is 5.34. The standard InChI is InChI=1S/C11H8Cl2N4O3/c12-6-2-1-3-7(10(6)13)15-9(18)5-17-8(11(19)20)4-14-16-17/h1-4H,5H2,(H,15,18)(H,19,20). The number of aromatic carboxylic acids is 1. The van der Waals surface area contributed by atoms with Gasteiger partial charge < -0.3 is 10.4 Å². The summed E-state index contributed by atoms with van der Waals surface area (Å²) >= 11 is 11.7. The van der Waals surface area contributed by atoms with Crippen LogP contribution in [0.25, 0.3) is 0 Å². The lowest BCUT2D eigenvalue weighted by Crippen LogP contribution is -2.22. The van der Waals surface area contributed by atoms with Crippen LogP contribution in [0.3, 0.4) is 0 Å². The van der Waals surface area contributed by atoms with Gasteiger partial charge in [0.1, 0.15) is 6.54 Å². The second-order valence-electron chi connectivity index (χ2n) is 3.73. The van der Waals surface area contributed by atoms with E-state index in [1.807, 2.05) is 0 Å². The molecule has 0 fully saturated rings. The summed E-state index contributed by atoms with van der Waals surface area (Å²) in [6.45, 7) is -0.301. The number of hydrogen-bond acceptors (Lipinski definition) is 4. The number of carbonyl (C=O) groups is 2. The number of anilines is 1. The Morgan fingerprint density at radius 2 is 2.10 bits per heavy atom. The van der Waals surface area contributed by atoms with Gasteiger partial charge in [0.2, 0.25) is 5.91 Å². The molecule has 0 unspecified atom stereocenters. The van der Waals surface area contributed by atoms with Crippen LogP contribution in [-0.2, 0) is 11.3 Å². The average Bonchev–Trinajstić information content (AvgIpc) is 2.83. The Morgan fingerprint density at radius 1 is 1.35 bits per heavy atom. The zero-order chi connectivity index (χ0) is 14.7. The highest BCUT2D eigenvalue weighted by Gasteiger charge is 2.15. The monoisotopic (exact) mass is 314 g/mol. The van der Waals surface area contributed by atoms with E-state index in [9.17, 15) is 9.59 Å². The van der Waals surface area contributed by atoms with Crippen LogP contribution in [0.15, 0.2) is 24.4 Å². The quantitative estimate of drug-likeness (QED) is 0.898. The van der Waals surface area contributed by atoms with E-state index in [1.54, 1.807) is 18.2 Å². The number of carboxylic acid groups (broad SMARTS) is 1. The van der Waals surface area contributed by atoms with Gasteiger partial charge in [-0.05, 0) is 12.1 Å². The number of carbonyl (C=O) groups excluding carboxylic acids is 1. The van der Waals surface area contributed by atoms with Crippen molar-refractivity contribution in [3.8, 4) is 0 Å². The van der Waals surface area contributed by atoms with Gasteiger partial charge in [-0.3, -0.25) is 4.79 Å². The van der Waals surface area contributed by atoms with Crippen molar-refractivity contribution < 1.29 is 14.7 Å². The fourth-order valence-electron chi connectivity index (χ4n) is 1.47. The summed E-state index contributed by atoms with van der Waals surface area (Å²) in [7, 11) is 0. The molecule has 2 aromatic rings. The number of aromatic nitrogens is 3. The molecular formula is C11H8Cl2N4O3. The predicted octanol–water partition coefficient (Wildman–Crippen LogP) is 1.92. The van der Waals surface area contributed by atoms with Crippen LogP contribution in [0, 0.1) is 0 Å². The summed E-state index contributed by atoms with van der Waals surface area (Å²) in [5, 5.41) is 18.9. The van der Waals surface area contributed by atoms with Crippen LogP contribution in [0.5, 0.6) is 0 Å². The molecule has 0 aliphatic rings. The Morgan fingerprint density at radius 3 is 2.80 bits per heavy atom. The first kappa shape index (κ1) is 14.3. The largest absolute Gasteiger partial charge is 0.476 e. The molecule has 0 atom stereocenters. The Balaban J connectivity index is 2.11. The second kappa shape index (κ2) is 5.89. The molecular weight excluding hydrogens is 307 g/mol. The molecule has 0 saturated carbocycles. The van der Waals surface area contributed by atoms with Crippen molar-refractivity contribution in [2.75, 3.05) is 5.32 Å². The van der Waals surface area contributed by atoms with Crippen molar-refractivity contribution in [1.29, 1.82) is 0 Å². The van der Waals surface area contributed by atoms with Crippen LogP contribution in [0.4, 0.5) is 5.69 Å². The molecule has 20 heavy (non-hydrogen) atoms. The SMILES string of the molecule is O=C(Cn1nncc1C(=O)O)Nc1cccc(Cl)c1Cl. The lowest BCUT2D eigenvalue weighted by atomic mass is 10.3. The minimum absolute atomic E-state index is 0.183. The van der Waals surface area contributed by atoms with Gasteiger partial charge in [-0.1, -0.05) is 34.5 Å². The lowest BCUT2D eigenvalue weighted by Gasteiger charge is -2.08. The molecule has 7 nitrogen and oxygen atoms in total. The van der Waals surface area contributed by atoms with E-state index < -0.39 is 11.9 Å². The highest BCUT2D eigenvalue weighted by atomic mass is 35.5. The smallest absolute Gasteiger partial charge is 0.355 e. The van der Waals surface area contributed by atoms with Crippen molar-refractivity contribution in [3.05, 3.63) is 40.1 Å². The predicted molar refractivity (Wildman–Crippen MR) is 72.1 cm³/mol. The van der Waals surface area contributed by atoms with Crippen molar-refractivity contribution in [1.82, 2.24) is 15.0 Å². The molecule has 0 bridgehead atoms. The molecule has 1 aromatic heterocycles. The minimum atomic E-state index is -1.22. The molecule has 1 amide bonds. The Hall–Kier alpha value is -2.12. The normalized spacial score (nSPS) is 10.3. The molecule has 0 spiro atoms. The van der Waals surface area contributed by atoms with Gasteiger partial charge in [0.05, 0.1) is 21.9 Å². The minimum Gasteiger partial charge on any atom is -0.476 e. The number of amides is 1. The molecule has 2 N–H and O–H groups in total. The fourth-order valence-corrected chi connectivity index (χ4v) is 1.81. The maximum atomic E-state index is 11.8. The van der Waals surface area contributed by atoms with E-state index >= 15 is 0 Å². The van der Waals surface area contributed by atoms with E-state index in [1.165, 1.54) is 0 Å². The summed E-state index contributed by atoms with van der Waals surface area (Å²) in [6, 6.07) is 4.78. The van der Waals surface area contributed by atoms with Gasteiger partial charge in [0.15, 0.2) is 5.69 Å². The third-order valence-electron chi connectivity index (χ3n) is 2.36. The van der Waals surface area contributed by atoms with E-state index in [4.69, 9.17) is 28.3 Å². The van der Waals surface area contributed by atoms with Crippen LogP contribution in [-0.4, -0.2) is 32.0 Å². The summed E-state index contributed by atoms with van der Waals surface area (Å²) < 4.78 is 0.968. The van der Waals surface area contributed by atoms with Crippen molar-refractivity contribution in [2.24, 2.45) is 0 Å². The van der Waals surface area contributed by atoms with Crippen LogP contribution < -0.4 is 5.32 Å². The Labute approximate surface area is 123 Å². The van der Waals surface area contributed by atoms with E-state index in [-0.39, 0.29) is 17.3 Å². The first-order valence-corrected chi connectivity index (χ1v) is 6.10. The Kier molecular flexibility index (Phi) is 4.21. The van der Waals surface area contributed by atoms with Gasteiger partial charge in [-0.25, -0.2) is 9.48 Å². The molecule has 9 heteroatoms. The van der Waals surface area contributed by atoms with Crippen molar-refractivity contribution in [3.63, 3.8) is 0 Å². The molecule has 0 aliphatic carbocycles. The van der Waals surface area contributed by atoms with Gasteiger partial charge in [0.25, 0.3) is 0 Å². The number of carboxylic acids is 1. The number of halogens is 2. The van der Waals surface area contributed by atoms with Gasteiger partial charge in [-0.15, -0.1) is 5.10 Å². The van der Waals surface area contributed by atoms with Crippen LogP contribution in [0.2, 0.25) is 10.0 Å². The Bertz CT molecular complexity index is 671. The summed E-state index contributed by atoms with van der Waals surface area (Å²) in [5.41, 5.74) is 0.151. The zero-order valence-electron chi connectivity index (χ0n) is 9.88. The third kappa shape index (κ3) is 3.06.